The molecule has 1 heterocycles. The number of carbonyl (C=O) groups excluding carboxylic acids is 1. The predicted molar refractivity (Wildman–Crippen MR) is 79.9 cm³/mol. The second-order valence-corrected chi connectivity index (χ2v) is 4.25. The molecule has 110 valence electrons. The van der Waals surface area contributed by atoms with E-state index in [-0.39, 0.29) is 5.84 Å². The molecule has 0 aliphatic carbocycles. The van der Waals surface area contributed by atoms with Gasteiger partial charge in [0.25, 0.3) is 0 Å². The lowest BCUT2D eigenvalue weighted by molar-refractivity contribution is 0.262. The van der Waals surface area contributed by atoms with Crippen LogP contribution in [-0.4, -0.2) is 28.8 Å². The van der Waals surface area contributed by atoms with Crippen molar-refractivity contribution in [2.24, 2.45) is 12.8 Å². The Labute approximate surface area is 121 Å². The number of nitrogens with two attached hydrogens (primary N) is 1. The lowest BCUT2D eigenvalue weighted by Crippen LogP contribution is -2.23. The summed E-state index contributed by atoms with van der Waals surface area (Å²) in [6, 6.07) is 6.45. The third-order valence-corrected chi connectivity index (χ3v) is 2.81. The Kier molecular flexibility index (Phi) is 4.07. The second-order valence-electron chi connectivity index (χ2n) is 4.25. The van der Waals surface area contributed by atoms with Gasteiger partial charge in [0.1, 0.15) is 17.4 Å². The van der Waals surface area contributed by atoms with Crippen LogP contribution in [0.25, 0.3) is 0 Å². The van der Waals surface area contributed by atoms with Gasteiger partial charge in [0, 0.05) is 12.7 Å². The van der Waals surface area contributed by atoms with Crippen LogP contribution < -0.4 is 21.1 Å². The molecule has 0 saturated carbocycles. The summed E-state index contributed by atoms with van der Waals surface area (Å²) in [4.78, 5) is 12.0. The second kappa shape index (κ2) is 5.95. The summed E-state index contributed by atoms with van der Waals surface area (Å²) in [7, 11) is 3.22. The molecule has 1 aromatic carbocycles. The molecule has 2 rings (SSSR count). The van der Waals surface area contributed by atoms with E-state index in [1.54, 1.807) is 38.4 Å². The highest BCUT2D eigenvalue weighted by molar-refractivity contribution is 6.05. The van der Waals surface area contributed by atoms with Crippen LogP contribution in [0.3, 0.4) is 0 Å². The number of urea groups is 1. The number of methoxy groups -OCH3 is 1. The highest BCUT2D eigenvalue weighted by Crippen LogP contribution is 2.16. The fourth-order valence-electron chi connectivity index (χ4n) is 1.73. The Bertz CT molecular complexity index is 662. The highest BCUT2D eigenvalue weighted by atomic mass is 16.5. The molecule has 0 atom stereocenters. The van der Waals surface area contributed by atoms with Crippen LogP contribution in [0.15, 0.2) is 30.5 Å². The van der Waals surface area contributed by atoms with E-state index in [1.165, 1.54) is 10.9 Å². The van der Waals surface area contributed by atoms with Crippen molar-refractivity contribution in [1.82, 2.24) is 9.78 Å². The minimum Gasteiger partial charge on any atom is -0.497 e. The number of carbonyl (C=O) groups is 1. The van der Waals surface area contributed by atoms with Crippen molar-refractivity contribution in [1.29, 1.82) is 5.41 Å². The molecule has 5 N–H and O–H groups in total. The number of nitrogens with one attached hydrogen (secondary N) is 3. The summed E-state index contributed by atoms with van der Waals surface area (Å²) in [5.41, 5.74) is 6.41. The molecule has 0 saturated heterocycles. The lowest BCUT2D eigenvalue weighted by Gasteiger charge is -2.10. The number of nitrogen functional groups attached to an aromatic ring is 1. The van der Waals surface area contributed by atoms with Crippen LogP contribution in [0.5, 0.6) is 5.75 Å². The number of nitrogens with zero attached hydrogens (tertiary/aromatic N) is 2. The van der Waals surface area contributed by atoms with Crippen molar-refractivity contribution in [2.45, 2.75) is 0 Å². The van der Waals surface area contributed by atoms with E-state index in [9.17, 15) is 4.79 Å². The third kappa shape index (κ3) is 3.30. The molecule has 0 fully saturated rings. The van der Waals surface area contributed by atoms with E-state index in [0.29, 0.717) is 22.8 Å². The summed E-state index contributed by atoms with van der Waals surface area (Å²) >= 11 is 0. The van der Waals surface area contributed by atoms with Gasteiger partial charge in [0.2, 0.25) is 0 Å². The van der Waals surface area contributed by atoms with Crippen molar-refractivity contribution in [2.75, 3.05) is 17.7 Å². The average Bonchev–Trinajstić information content (AvgIpc) is 2.81. The standard InChI is InChI=1S/C13H16N6O2/c1-19-12(10(7-16-19)11(14)15)18-13(20)17-8-3-5-9(21-2)6-4-8/h3-7H,1-2H3,(H3,14,15)(H2,17,18,20). The molecule has 0 aliphatic rings. The number of ether oxygens (including phenoxy) is 1. The SMILES string of the molecule is COc1ccc(NC(=O)Nc2c(C(=N)N)cnn2C)cc1. The van der Waals surface area contributed by atoms with Gasteiger partial charge in [-0.25, -0.2) is 4.79 Å². The average molecular weight is 288 g/mol. The van der Waals surface area contributed by atoms with Crippen LogP contribution in [0.1, 0.15) is 5.56 Å². The van der Waals surface area contributed by atoms with E-state index in [2.05, 4.69) is 15.7 Å². The number of anilines is 2. The first-order valence-electron chi connectivity index (χ1n) is 6.09. The number of rotatable bonds is 4. The first-order valence-corrected chi connectivity index (χ1v) is 6.09. The molecule has 2 amide bonds. The van der Waals surface area contributed by atoms with Crippen molar-refractivity contribution in [3.63, 3.8) is 0 Å². The van der Waals surface area contributed by atoms with Crippen LogP contribution >= 0.6 is 0 Å². The molecule has 0 radical (unpaired) electrons. The van der Waals surface area contributed by atoms with Crippen LogP contribution in [0.2, 0.25) is 0 Å². The molecule has 2 aromatic rings. The van der Waals surface area contributed by atoms with Crippen molar-refractivity contribution in [3.05, 3.63) is 36.0 Å². The predicted octanol–water partition coefficient (Wildman–Crippen LogP) is 1.36. The minimum atomic E-state index is -0.453. The minimum absolute atomic E-state index is 0.164. The van der Waals surface area contributed by atoms with Gasteiger partial charge in [-0.3, -0.25) is 15.4 Å². The fourth-order valence-corrected chi connectivity index (χ4v) is 1.73. The van der Waals surface area contributed by atoms with E-state index in [0.717, 1.165) is 0 Å². The molecule has 0 unspecified atom stereocenters. The first kappa shape index (κ1) is 14.4. The Morgan fingerprint density at radius 1 is 1.33 bits per heavy atom. The molecule has 21 heavy (non-hydrogen) atoms. The quantitative estimate of drug-likeness (QED) is 0.501. The largest absolute Gasteiger partial charge is 0.497 e. The molecular weight excluding hydrogens is 272 g/mol. The zero-order chi connectivity index (χ0) is 15.4. The zero-order valence-electron chi connectivity index (χ0n) is 11.7. The maximum absolute atomic E-state index is 12.0. The van der Waals surface area contributed by atoms with Gasteiger partial charge < -0.3 is 15.8 Å². The summed E-state index contributed by atoms with van der Waals surface area (Å²) in [6.45, 7) is 0. The number of amidine groups is 1. The van der Waals surface area contributed by atoms with E-state index >= 15 is 0 Å². The van der Waals surface area contributed by atoms with Crippen LogP contribution in [0.4, 0.5) is 16.3 Å². The highest BCUT2D eigenvalue weighted by Gasteiger charge is 2.13. The molecule has 0 spiro atoms. The fraction of sp³-hybridized carbons (Fsp3) is 0.154. The molecule has 8 nitrogen and oxygen atoms in total. The third-order valence-electron chi connectivity index (χ3n) is 2.81. The number of hydrogen-bond acceptors (Lipinski definition) is 4. The summed E-state index contributed by atoms with van der Waals surface area (Å²) < 4.78 is 6.47. The molecule has 0 bridgehead atoms. The Morgan fingerprint density at radius 3 is 2.57 bits per heavy atom. The maximum atomic E-state index is 12.0. The maximum Gasteiger partial charge on any atom is 0.324 e. The van der Waals surface area contributed by atoms with Crippen LogP contribution in [0, 0.1) is 5.41 Å². The first-order chi connectivity index (χ1) is 10.0. The van der Waals surface area contributed by atoms with Gasteiger partial charge in [-0.1, -0.05) is 0 Å². The number of aromatic nitrogens is 2. The molecular formula is C13H16N6O2. The molecule has 1 aromatic heterocycles. The van der Waals surface area contributed by atoms with E-state index in [4.69, 9.17) is 15.9 Å². The van der Waals surface area contributed by atoms with E-state index in [1.807, 2.05) is 0 Å². The molecule has 0 aliphatic heterocycles. The Hall–Kier alpha value is -3.03. The number of aryl methyl sites for hydroxylation is 1. The summed E-state index contributed by atoms with van der Waals surface area (Å²) in [5.74, 6) is 0.891. The number of hydrogen-bond donors (Lipinski definition) is 4. The van der Waals surface area contributed by atoms with Gasteiger partial charge in [-0.2, -0.15) is 5.10 Å². The number of amides is 2. The van der Waals surface area contributed by atoms with Gasteiger partial charge in [0.15, 0.2) is 0 Å². The molecule has 8 heteroatoms. The summed E-state index contributed by atoms with van der Waals surface area (Å²) in [5, 5.41) is 16.7. The Morgan fingerprint density at radius 2 is 2.00 bits per heavy atom. The van der Waals surface area contributed by atoms with Gasteiger partial charge in [-0.05, 0) is 24.3 Å². The normalized spacial score (nSPS) is 10.0. The van der Waals surface area contributed by atoms with Gasteiger partial charge in [0.05, 0.1) is 18.9 Å². The summed E-state index contributed by atoms with van der Waals surface area (Å²) in [6.07, 6.45) is 1.42. The lowest BCUT2D eigenvalue weighted by atomic mass is 10.3. The van der Waals surface area contributed by atoms with Gasteiger partial charge in [-0.15, -0.1) is 0 Å². The van der Waals surface area contributed by atoms with Gasteiger partial charge >= 0.3 is 6.03 Å². The Balaban J connectivity index is 2.08. The van der Waals surface area contributed by atoms with Crippen molar-refractivity contribution < 1.29 is 9.53 Å². The smallest absolute Gasteiger partial charge is 0.324 e. The van der Waals surface area contributed by atoms with E-state index < -0.39 is 6.03 Å². The monoisotopic (exact) mass is 288 g/mol. The topological polar surface area (TPSA) is 118 Å². The van der Waals surface area contributed by atoms with Crippen molar-refractivity contribution in [3.8, 4) is 5.75 Å². The number of benzene rings is 1. The van der Waals surface area contributed by atoms with Crippen LogP contribution in [-0.2, 0) is 7.05 Å². The zero-order valence-corrected chi connectivity index (χ0v) is 11.7. The van der Waals surface area contributed by atoms with Crippen molar-refractivity contribution >= 4 is 23.4 Å².